The number of hydrogen-bond acceptors (Lipinski definition) is 3. The van der Waals surface area contributed by atoms with Gasteiger partial charge in [0.2, 0.25) is 0 Å². The standard InChI is InChI=1S/C14H23N3O2/c1-4-5-8-16-14(15-2)17-10-11-9-12(19-3)6-7-13(11)18/h6-7,9,18H,4-5,8,10H2,1-3H3,(H2,15,16,17). The quantitative estimate of drug-likeness (QED) is 0.417. The summed E-state index contributed by atoms with van der Waals surface area (Å²) in [5.74, 6) is 1.71. The second-order valence-electron chi connectivity index (χ2n) is 4.20. The molecule has 3 N–H and O–H groups in total. The number of nitrogens with zero attached hydrogens (tertiary/aromatic N) is 1. The lowest BCUT2D eigenvalue weighted by molar-refractivity contribution is 0.410. The number of hydrogen-bond donors (Lipinski definition) is 3. The molecule has 0 aliphatic heterocycles. The van der Waals surface area contributed by atoms with Crippen LogP contribution >= 0.6 is 0 Å². The molecule has 5 nitrogen and oxygen atoms in total. The smallest absolute Gasteiger partial charge is 0.191 e. The van der Waals surface area contributed by atoms with Crippen molar-refractivity contribution >= 4 is 5.96 Å². The lowest BCUT2D eigenvalue weighted by Gasteiger charge is -2.13. The first-order valence-electron chi connectivity index (χ1n) is 6.51. The molecular weight excluding hydrogens is 242 g/mol. The van der Waals surface area contributed by atoms with E-state index in [9.17, 15) is 5.11 Å². The first kappa shape index (κ1) is 15.1. The fourth-order valence-corrected chi connectivity index (χ4v) is 1.61. The highest BCUT2D eigenvalue weighted by atomic mass is 16.5. The number of rotatable bonds is 6. The summed E-state index contributed by atoms with van der Waals surface area (Å²) in [4.78, 5) is 4.13. The van der Waals surface area contributed by atoms with E-state index in [1.165, 1.54) is 0 Å². The maximum absolute atomic E-state index is 9.77. The van der Waals surface area contributed by atoms with E-state index in [4.69, 9.17) is 4.74 Å². The van der Waals surface area contributed by atoms with E-state index < -0.39 is 0 Å². The minimum Gasteiger partial charge on any atom is -0.508 e. The summed E-state index contributed by atoms with van der Waals surface area (Å²) in [5, 5.41) is 16.1. The van der Waals surface area contributed by atoms with Crippen LogP contribution in [0.25, 0.3) is 0 Å². The average Bonchev–Trinajstić information content (AvgIpc) is 2.44. The van der Waals surface area contributed by atoms with Crippen LogP contribution < -0.4 is 15.4 Å². The maximum Gasteiger partial charge on any atom is 0.191 e. The number of unbranched alkanes of at least 4 members (excludes halogenated alkanes) is 1. The van der Waals surface area contributed by atoms with Gasteiger partial charge >= 0.3 is 0 Å². The molecule has 0 saturated heterocycles. The van der Waals surface area contributed by atoms with Gasteiger partial charge in [0.25, 0.3) is 0 Å². The molecule has 0 unspecified atom stereocenters. The van der Waals surface area contributed by atoms with E-state index >= 15 is 0 Å². The third-order valence-electron chi connectivity index (χ3n) is 2.78. The number of benzene rings is 1. The summed E-state index contributed by atoms with van der Waals surface area (Å²) in [6.07, 6.45) is 2.24. The fraction of sp³-hybridized carbons (Fsp3) is 0.500. The highest BCUT2D eigenvalue weighted by Gasteiger charge is 2.04. The van der Waals surface area contributed by atoms with Crippen molar-refractivity contribution in [1.29, 1.82) is 0 Å². The van der Waals surface area contributed by atoms with Crippen molar-refractivity contribution in [2.45, 2.75) is 26.3 Å². The van der Waals surface area contributed by atoms with Crippen LogP contribution in [-0.4, -0.2) is 31.8 Å². The van der Waals surface area contributed by atoms with Crippen LogP contribution in [-0.2, 0) is 6.54 Å². The zero-order valence-corrected chi connectivity index (χ0v) is 11.9. The molecule has 0 spiro atoms. The van der Waals surface area contributed by atoms with Gasteiger partial charge in [-0.15, -0.1) is 0 Å². The van der Waals surface area contributed by atoms with Crippen LogP contribution in [0.5, 0.6) is 11.5 Å². The molecule has 5 heteroatoms. The number of guanidine groups is 1. The topological polar surface area (TPSA) is 65.9 Å². The molecule has 0 fully saturated rings. The van der Waals surface area contributed by atoms with Gasteiger partial charge in [-0.3, -0.25) is 4.99 Å². The van der Waals surface area contributed by atoms with E-state index in [-0.39, 0.29) is 5.75 Å². The van der Waals surface area contributed by atoms with Crippen LogP contribution in [0.2, 0.25) is 0 Å². The van der Waals surface area contributed by atoms with Crippen LogP contribution in [0.4, 0.5) is 0 Å². The van der Waals surface area contributed by atoms with E-state index in [0.717, 1.165) is 36.7 Å². The average molecular weight is 265 g/mol. The lowest BCUT2D eigenvalue weighted by atomic mass is 10.2. The second kappa shape index (κ2) is 8.24. The third kappa shape index (κ3) is 5.07. The minimum atomic E-state index is 0.248. The molecule has 1 rings (SSSR count). The Morgan fingerprint density at radius 1 is 1.37 bits per heavy atom. The molecule has 0 saturated carbocycles. The van der Waals surface area contributed by atoms with Gasteiger partial charge in [-0.1, -0.05) is 13.3 Å². The van der Waals surface area contributed by atoms with E-state index in [0.29, 0.717) is 6.54 Å². The summed E-state index contributed by atoms with van der Waals surface area (Å²) < 4.78 is 5.14. The number of phenols is 1. The number of aromatic hydroxyl groups is 1. The molecule has 0 bridgehead atoms. The van der Waals surface area contributed by atoms with Crippen molar-refractivity contribution in [3.05, 3.63) is 23.8 Å². The van der Waals surface area contributed by atoms with Gasteiger partial charge in [0.15, 0.2) is 5.96 Å². The first-order valence-corrected chi connectivity index (χ1v) is 6.51. The van der Waals surface area contributed by atoms with Crippen molar-refractivity contribution in [3.63, 3.8) is 0 Å². The number of ether oxygens (including phenoxy) is 1. The largest absolute Gasteiger partial charge is 0.508 e. The molecule has 0 amide bonds. The summed E-state index contributed by atoms with van der Waals surface area (Å²) in [7, 11) is 3.33. The summed E-state index contributed by atoms with van der Waals surface area (Å²) in [5.41, 5.74) is 0.776. The Morgan fingerprint density at radius 2 is 2.16 bits per heavy atom. The molecule has 0 aromatic heterocycles. The molecular formula is C14H23N3O2. The van der Waals surface area contributed by atoms with Gasteiger partial charge in [0.1, 0.15) is 11.5 Å². The molecule has 0 aliphatic carbocycles. The molecule has 0 aliphatic rings. The van der Waals surface area contributed by atoms with E-state index in [1.807, 2.05) is 6.07 Å². The van der Waals surface area contributed by atoms with Crippen molar-refractivity contribution in [3.8, 4) is 11.5 Å². The molecule has 19 heavy (non-hydrogen) atoms. The van der Waals surface area contributed by atoms with Gasteiger partial charge in [-0.05, 0) is 24.6 Å². The van der Waals surface area contributed by atoms with Gasteiger partial charge in [-0.2, -0.15) is 0 Å². The number of phenolic OH excluding ortho intramolecular Hbond substituents is 1. The van der Waals surface area contributed by atoms with Gasteiger partial charge < -0.3 is 20.5 Å². The predicted molar refractivity (Wildman–Crippen MR) is 77.8 cm³/mol. The Bertz CT molecular complexity index is 419. The van der Waals surface area contributed by atoms with Crippen LogP contribution in [0, 0.1) is 0 Å². The second-order valence-corrected chi connectivity index (χ2v) is 4.20. The van der Waals surface area contributed by atoms with Crippen LogP contribution in [0.1, 0.15) is 25.3 Å². The Kier molecular flexibility index (Phi) is 6.57. The van der Waals surface area contributed by atoms with Gasteiger partial charge in [0.05, 0.1) is 7.11 Å². The van der Waals surface area contributed by atoms with Crippen LogP contribution in [0.3, 0.4) is 0 Å². The molecule has 106 valence electrons. The Morgan fingerprint density at radius 3 is 2.79 bits per heavy atom. The summed E-state index contributed by atoms with van der Waals surface area (Å²) >= 11 is 0. The minimum absolute atomic E-state index is 0.248. The van der Waals surface area contributed by atoms with Gasteiger partial charge in [-0.25, -0.2) is 0 Å². The van der Waals surface area contributed by atoms with Crippen molar-refractivity contribution in [2.75, 3.05) is 20.7 Å². The van der Waals surface area contributed by atoms with Crippen molar-refractivity contribution in [1.82, 2.24) is 10.6 Å². The number of methoxy groups -OCH3 is 1. The highest BCUT2D eigenvalue weighted by Crippen LogP contribution is 2.22. The Hall–Kier alpha value is -1.91. The van der Waals surface area contributed by atoms with E-state index in [1.54, 1.807) is 26.3 Å². The molecule has 0 radical (unpaired) electrons. The van der Waals surface area contributed by atoms with Crippen molar-refractivity contribution < 1.29 is 9.84 Å². The summed E-state index contributed by atoms with van der Waals surface area (Å²) in [6.45, 7) is 3.53. The molecule has 0 atom stereocenters. The Balaban J connectivity index is 2.54. The van der Waals surface area contributed by atoms with Crippen LogP contribution in [0.15, 0.2) is 23.2 Å². The number of aliphatic imine (C=N–C) groups is 1. The molecule has 1 aromatic rings. The lowest BCUT2D eigenvalue weighted by Crippen LogP contribution is -2.37. The van der Waals surface area contributed by atoms with E-state index in [2.05, 4.69) is 22.5 Å². The van der Waals surface area contributed by atoms with Gasteiger partial charge in [0, 0.05) is 25.7 Å². The zero-order chi connectivity index (χ0) is 14.1. The summed E-state index contributed by atoms with van der Waals surface area (Å²) in [6, 6.07) is 5.16. The normalized spacial score (nSPS) is 11.2. The SMILES string of the molecule is CCCCNC(=NC)NCc1cc(OC)ccc1O. The maximum atomic E-state index is 9.77. The molecule has 1 aromatic carbocycles. The zero-order valence-electron chi connectivity index (χ0n) is 11.9. The van der Waals surface area contributed by atoms with Crippen molar-refractivity contribution in [2.24, 2.45) is 4.99 Å². The first-order chi connectivity index (χ1) is 9.21. The molecule has 0 heterocycles. The monoisotopic (exact) mass is 265 g/mol. The predicted octanol–water partition coefficient (Wildman–Crippen LogP) is 1.87. The number of nitrogens with one attached hydrogen (secondary N) is 2. The fourth-order valence-electron chi connectivity index (χ4n) is 1.61. The highest BCUT2D eigenvalue weighted by molar-refractivity contribution is 5.79. The Labute approximate surface area is 114 Å². The third-order valence-corrected chi connectivity index (χ3v) is 2.78.